The van der Waals surface area contributed by atoms with Crippen LogP contribution in [0, 0.1) is 13.8 Å². The number of aryl methyl sites for hydroxylation is 1. The van der Waals surface area contributed by atoms with Gasteiger partial charge >= 0.3 is 0 Å². The molecule has 0 radical (unpaired) electrons. The van der Waals surface area contributed by atoms with Gasteiger partial charge in [-0.15, -0.1) is 0 Å². The zero-order chi connectivity index (χ0) is 17.5. The fraction of sp³-hybridized carbons (Fsp3) is 0.421. The van der Waals surface area contributed by atoms with Crippen LogP contribution in [0.4, 0.5) is 11.5 Å². The van der Waals surface area contributed by atoms with E-state index in [1.54, 1.807) is 12.4 Å². The first kappa shape index (κ1) is 17.9. The zero-order valence-corrected chi connectivity index (χ0v) is 15.0. The average Bonchev–Trinajstić information content (AvgIpc) is 2.59. The van der Waals surface area contributed by atoms with Crippen molar-refractivity contribution in [2.75, 3.05) is 18.4 Å². The second-order valence-corrected chi connectivity index (χ2v) is 5.95. The van der Waals surface area contributed by atoms with E-state index in [1.807, 2.05) is 17.0 Å². The van der Waals surface area contributed by atoms with E-state index in [4.69, 9.17) is 0 Å². The first-order valence-corrected chi connectivity index (χ1v) is 8.51. The Balaban J connectivity index is 2.12. The Bertz CT molecular complexity index is 676. The number of anilines is 2. The van der Waals surface area contributed by atoms with Gasteiger partial charge in [0.2, 0.25) is 0 Å². The minimum Gasteiger partial charge on any atom is -0.339 e. The third kappa shape index (κ3) is 4.31. The molecule has 0 aliphatic heterocycles. The Labute approximate surface area is 144 Å². The topological polar surface area (TPSA) is 58.1 Å². The van der Waals surface area contributed by atoms with Gasteiger partial charge < -0.3 is 10.2 Å². The Morgan fingerprint density at radius 3 is 2.38 bits per heavy atom. The average molecular weight is 326 g/mol. The lowest BCUT2D eigenvalue weighted by Gasteiger charge is -2.20. The van der Waals surface area contributed by atoms with Crippen LogP contribution in [-0.2, 0) is 0 Å². The lowest BCUT2D eigenvalue weighted by atomic mass is 10.1. The molecule has 1 amide bonds. The van der Waals surface area contributed by atoms with Crippen LogP contribution in [0.2, 0.25) is 0 Å². The van der Waals surface area contributed by atoms with Crippen molar-refractivity contribution in [3.8, 4) is 0 Å². The Morgan fingerprint density at radius 2 is 1.79 bits per heavy atom. The van der Waals surface area contributed by atoms with Crippen LogP contribution in [0.25, 0.3) is 0 Å². The SMILES string of the molecule is CCCN(CCC)C(=O)c1cnc(Nc2cccc(C)c2C)cn1. The standard InChI is InChI=1S/C19H26N4O/c1-5-10-23(11-6-2)19(24)17-12-21-18(13-20-17)22-16-9-7-8-14(3)15(16)4/h7-9,12-13H,5-6,10-11H2,1-4H3,(H,21,22). The first-order valence-electron chi connectivity index (χ1n) is 8.51. The van der Waals surface area contributed by atoms with Gasteiger partial charge in [0.05, 0.1) is 12.4 Å². The third-order valence-corrected chi connectivity index (χ3v) is 4.01. The van der Waals surface area contributed by atoms with Crippen molar-refractivity contribution in [1.29, 1.82) is 0 Å². The normalized spacial score (nSPS) is 10.5. The van der Waals surface area contributed by atoms with Gasteiger partial charge in [0.25, 0.3) is 5.91 Å². The molecule has 5 nitrogen and oxygen atoms in total. The highest BCUT2D eigenvalue weighted by atomic mass is 16.2. The summed E-state index contributed by atoms with van der Waals surface area (Å²) in [6, 6.07) is 6.08. The van der Waals surface area contributed by atoms with Crippen LogP contribution < -0.4 is 5.32 Å². The van der Waals surface area contributed by atoms with E-state index in [2.05, 4.69) is 49.0 Å². The van der Waals surface area contributed by atoms with Crippen molar-refractivity contribution in [3.05, 3.63) is 47.4 Å². The summed E-state index contributed by atoms with van der Waals surface area (Å²) in [5.74, 6) is 0.585. The molecule has 0 bridgehead atoms. The molecule has 1 aromatic carbocycles. The Morgan fingerprint density at radius 1 is 1.08 bits per heavy atom. The summed E-state index contributed by atoms with van der Waals surface area (Å²) in [5.41, 5.74) is 3.79. The van der Waals surface area contributed by atoms with E-state index in [9.17, 15) is 4.79 Å². The smallest absolute Gasteiger partial charge is 0.274 e. The molecule has 2 rings (SSSR count). The lowest BCUT2D eigenvalue weighted by Crippen LogP contribution is -2.33. The van der Waals surface area contributed by atoms with Crippen LogP contribution in [0.15, 0.2) is 30.6 Å². The van der Waals surface area contributed by atoms with Gasteiger partial charge in [-0.05, 0) is 43.9 Å². The molecule has 24 heavy (non-hydrogen) atoms. The van der Waals surface area contributed by atoms with E-state index >= 15 is 0 Å². The molecule has 0 atom stereocenters. The van der Waals surface area contributed by atoms with Crippen molar-refractivity contribution < 1.29 is 4.79 Å². The van der Waals surface area contributed by atoms with Crippen LogP contribution in [0.1, 0.15) is 48.3 Å². The van der Waals surface area contributed by atoms with E-state index in [0.717, 1.165) is 31.6 Å². The summed E-state index contributed by atoms with van der Waals surface area (Å²) in [4.78, 5) is 23.0. The summed E-state index contributed by atoms with van der Waals surface area (Å²) in [5, 5.41) is 3.26. The van der Waals surface area contributed by atoms with Crippen LogP contribution >= 0.6 is 0 Å². The Hall–Kier alpha value is -2.43. The molecule has 0 aliphatic rings. The molecule has 1 heterocycles. The minimum absolute atomic E-state index is 0.0514. The number of benzene rings is 1. The van der Waals surface area contributed by atoms with Crippen molar-refractivity contribution >= 4 is 17.4 Å². The summed E-state index contributed by atoms with van der Waals surface area (Å²) in [6.45, 7) is 9.77. The number of hydrogen-bond acceptors (Lipinski definition) is 4. The van der Waals surface area contributed by atoms with Gasteiger partial charge in [-0.3, -0.25) is 4.79 Å². The molecule has 5 heteroatoms. The number of nitrogens with one attached hydrogen (secondary N) is 1. The highest BCUT2D eigenvalue weighted by Crippen LogP contribution is 2.21. The fourth-order valence-electron chi connectivity index (χ4n) is 2.54. The van der Waals surface area contributed by atoms with E-state index < -0.39 is 0 Å². The van der Waals surface area contributed by atoms with E-state index in [-0.39, 0.29) is 5.91 Å². The predicted molar refractivity (Wildman–Crippen MR) is 97.7 cm³/mol. The highest BCUT2D eigenvalue weighted by Gasteiger charge is 2.16. The molecule has 0 saturated heterocycles. The molecule has 128 valence electrons. The lowest BCUT2D eigenvalue weighted by molar-refractivity contribution is 0.0749. The number of carbonyl (C=O) groups is 1. The molecule has 1 N–H and O–H groups in total. The van der Waals surface area contributed by atoms with Gasteiger partial charge in [0.1, 0.15) is 11.5 Å². The number of hydrogen-bond donors (Lipinski definition) is 1. The van der Waals surface area contributed by atoms with Crippen molar-refractivity contribution in [1.82, 2.24) is 14.9 Å². The van der Waals surface area contributed by atoms with E-state index in [1.165, 1.54) is 11.1 Å². The quantitative estimate of drug-likeness (QED) is 0.832. The van der Waals surface area contributed by atoms with Crippen LogP contribution in [-0.4, -0.2) is 33.9 Å². The zero-order valence-electron chi connectivity index (χ0n) is 15.0. The first-order chi connectivity index (χ1) is 11.6. The number of carbonyl (C=O) groups excluding carboxylic acids is 1. The molecular weight excluding hydrogens is 300 g/mol. The van der Waals surface area contributed by atoms with Gasteiger partial charge in [0.15, 0.2) is 0 Å². The highest BCUT2D eigenvalue weighted by molar-refractivity contribution is 5.92. The molecule has 1 aromatic heterocycles. The van der Waals surface area contributed by atoms with Gasteiger partial charge in [-0.25, -0.2) is 9.97 Å². The second kappa shape index (κ2) is 8.43. The van der Waals surface area contributed by atoms with Gasteiger partial charge in [-0.2, -0.15) is 0 Å². The number of nitrogens with zero attached hydrogens (tertiary/aromatic N) is 3. The molecule has 0 spiro atoms. The second-order valence-electron chi connectivity index (χ2n) is 5.95. The maximum Gasteiger partial charge on any atom is 0.274 e. The molecule has 0 unspecified atom stereocenters. The number of aromatic nitrogens is 2. The maximum absolute atomic E-state index is 12.5. The van der Waals surface area contributed by atoms with Crippen molar-refractivity contribution in [2.45, 2.75) is 40.5 Å². The molecule has 2 aromatic rings. The maximum atomic E-state index is 12.5. The van der Waals surface area contributed by atoms with Gasteiger partial charge in [0, 0.05) is 18.8 Å². The number of amides is 1. The Kier molecular flexibility index (Phi) is 6.29. The predicted octanol–water partition coefficient (Wildman–Crippen LogP) is 4.10. The summed E-state index contributed by atoms with van der Waals surface area (Å²) in [7, 11) is 0. The number of rotatable bonds is 7. The largest absolute Gasteiger partial charge is 0.339 e. The van der Waals surface area contributed by atoms with E-state index in [0.29, 0.717) is 11.5 Å². The minimum atomic E-state index is -0.0514. The van der Waals surface area contributed by atoms with Crippen LogP contribution in [0.3, 0.4) is 0 Å². The van der Waals surface area contributed by atoms with Gasteiger partial charge in [-0.1, -0.05) is 26.0 Å². The monoisotopic (exact) mass is 326 g/mol. The fourth-order valence-corrected chi connectivity index (χ4v) is 2.54. The van der Waals surface area contributed by atoms with Crippen LogP contribution in [0.5, 0.6) is 0 Å². The third-order valence-electron chi connectivity index (χ3n) is 4.01. The van der Waals surface area contributed by atoms with Crippen molar-refractivity contribution in [3.63, 3.8) is 0 Å². The summed E-state index contributed by atoms with van der Waals surface area (Å²) in [6.07, 6.45) is 5.04. The molecule has 0 saturated carbocycles. The van der Waals surface area contributed by atoms with Crippen molar-refractivity contribution in [2.24, 2.45) is 0 Å². The molecule has 0 aliphatic carbocycles. The summed E-state index contributed by atoms with van der Waals surface area (Å²) < 4.78 is 0. The molecule has 0 fully saturated rings. The summed E-state index contributed by atoms with van der Waals surface area (Å²) >= 11 is 0. The molecular formula is C19H26N4O.